The first-order valence-corrected chi connectivity index (χ1v) is 5.27. The Hall–Kier alpha value is -1.20. The summed E-state index contributed by atoms with van der Waals surface area (Å²) in [6.45, 7) is -0.0679. The van der Waals surface area contributed by atoms with Gasteiger partial charge in [0.2, 0.25) is 0 Å². The van der Waals surface area contributed by atoms with Crippen molar-refractivity contribution in [3.8, 4) is 0 Å². The molecule has 0 saturated carbocycles. The summed E-state index contributed by atoms with van der Waals surface area (Å²) in [4.78, 5) is 11.6. The third-order valence-corrected chi connectivity index (χ3v) is 2.97. The summed E-state index contributed by atoms with van der Waals surface area (Å²) in [5.41, 5.74) is 5.17. The van der Waals surface area contributed by atoms with Gasteiger partial charge in [0.15, 0.2) is 5.78 Å². The van der Waals surface area contributed by atoms with E-state index >= 15 is 0 Å². The van der Waals surface area contributed by atoms with Gasteiger partial charge in [-0.05, 0) is 18.9 Å². The minimum atomic E-state index is -0.608. The number of ketones is 1. The Bertz CT molecular complexity index is 364. The molecule has 0 radical (unpaired) electrons. The summed E-state index contributed by atoms with van der Waals surface area (Å²) < 4.78 is 18.7. The van der Waals surface area contributed by atoms with Gasteiger partial charge in [-0.25, -0.2) is 4.39 Å². The molecule has 3 N–H and O–H groups in total. The van der Waals surface area contributed by atoms with Crippen LogP contribution >= 0.6 is 0 Å². The molecule has 2 aliphatic rings. The number of carbonyl (C=O) groups excluding carboxylic acids is 1. The zero-order chi connectivity index (χ0) is 11.7. The number of hydrogen-bond donors (Lipinski definition) is 2. The third-order valence-electron chi connectivity index (χ3n) is 2.97. The van der Waals surface area contributed by atoms with Crippen molar-refractivity contribution in [1.29, 1.82) is 0 Å². The number of rotatable bonds is 2. The van der Waals surface area contributed by atoms with Crippen LogP contribution < -0.4 is 5.73 Å². The first-order chi connectivity index (χ1) is 7.61. The molecule has 5 heteroatoms. The molecule has 0 bridgehead atoms. The minimum absolute atomic E-state index is 0.0679. The highest BCUT2D eigenvalue weighted by atomic mass is 19.1. The standard InChI is InChI=1S/C11H14FNO3/c12-8-3-7(10(15)4-9(8)13)11-2-1-6(5-14)16-11/h3-4,6-7,11,14H,1-2,5,13H2/t6-,7?,11+/m1/s1. The van der Waals surface area contributed by atoms with Crippen molar-refractivity contribution in [2.75, 3.05) is 6.61 Å². The van der Waals surface area contributed by atoms with Crippen LogP contribution in [-0.2, 0) is 9.53 Å². The molecule has 0 amide bonds. The normalized spacial score (nSPS) is 34.9. The Labute approximate surface area is 92.6 Å². The van der Waals surface area contributed by atoms with E-state index in [9.17, 15) is 9.18 Å². The van der Waals surface area contributed by atoms with Crippen LogP contribution in [0.4, 0.5) is 4.39 Å². The van der Waals surface area contributed by atoms with Gasteiger partial charge in [-0.15, -0.1) is 0 Å². The highest BCUT2D eigenvalue weighted by Crippen LogP contribution is 2.30. The monoisotopic (exact) mass is 227 g/mol. The van der Waals surface area contributed by atoms with Crippen LogP contribution in [0.2, 0.25) is 0 Å². The van der Waals surface area contributed by atoms with Crippen molar-refractivity contribution in [2.45, 2.75) is 25.0 Å². The predicted octanol–water partition coefficient (Wildman–Crippen LogP) is 0.421. The van der Waals surface area contributed by atoms with Crippen LogP contribution in [-0.4, -0.2) is 29.7 Å². The summed E-state index contributed by atoms with van der Waals surface area (Å²) in [6.07, 6.45) is 3.08. The van der Waals surface area contributed by atoms with Gasteiger partial charge >= 0.3 is 0 Å². The number of halogens is 1. The van der Waals surface area contributed by atoms with E-state index in [2.05, 4.69) is 0 Å². The fourth-order valence-corrected chi connectivity index (χ4v) is 2.08. The molecule has 2 rings (SSSR count). The highest BCUT2D eigenvalue weighted by Gasteiger charge is 2.35. The second kappa shape index (κ2) is 4.35. The van der Waals surface area contributed by atoms with E-state index in [0.717, 1.165) is 6.08 Å². The molecule has 3 atom stereocenters. The lowest BCUT2D eigenvalue weighted by atomic mass is 9.90. The maximum atomic E-state index is 13.2. The smallest absolute Gasteiger partial charge is 0.167 e. The fourth-order valence-electron chi connectivity index (χ4n) is 2.08. The number of aliphatic hydroxyl groups is 1. The van der Waals surface area contributed by atoms with Crippen molar-refractivity contribution in [2.24, 2.45) is 11.7 Å². The van der Waals surface area contributed by atoms with Crippen molar-refractivity contribution >= 4 is 5.78 Å². The number of ether oxygens (including phenoxy) is 1. The van der Waals surface area contributed by atoms with Gasteiger partial charge in [-0.3, -0.25) is 4.79 Å². The SMILES string of the molecule is NC1=CC(=O)C([C@@H]2CC[C@H](CO)O2)C=C1F. The molecule has 0 spiro atoms. The summed E-state index contributed by atoms with van der Waals surface area (Å²) in [7, 11) is 0. The Kier molecular flexibility index (Phi) is 3.07. The van der Waals surface area contributed by atoms with Gasteiger partial charge in [0, 0.05) is 6.08 Å². The zero-order valence-electron chi connectivity index (χ0n) is 8.73. The molecular formula is C11H14FNO3. The Morgan fingerprint density at radius 1 is 1.56 bits per heavy atom. The second-order valence-electron chi connectivity index (χ2n) is 4.10. The van der Waals surface area contributed by atoms with E-state index in [-0.39, 0.29) is 30.3 Å². The van der Waals surface area contributed by atoms with Gasteiger partial charge in [0.25, 0.3) is 0 Å². The predicted molar refractivity (Wildman–Crippen MR) is 54.9 cm³/mol. The average Bonchev–Trinajstić information content (AvgIpc) is 2.71. The van der Waals surface area contributed by atoms with E-state index < -0.39 is 11.7 Å². The molecule has 1 heterocycles. The van der Waals surface area contributed by atoms with Gasteiger partial charge < -0.3 is 15.6 Å². The summed E-state index contributed by atoms with van der Waals surface area (Å²) >= 11 is 0. The molecule has 1 unspecified atom stereocenters. The van der Waals surface area contributed by atoms with Gasteiger partial charge in [0.05, 0.1) is 30.4 Å². The largest absolute Gasteiger partial charge is 0.396 e. The van der Waals surface area contributed by atoms with Crippen LogP contribution in [0.5, 0.6) is 0 Å². The molecule has 1 fully saturated rings. The molecule has 16 heavy (non-hydrogen) atoms. The molecule has 0 aromatic rings. The van der Waals surface area contributed by atoms with E-state index in [4.69, 9.17) is 15.6 Å². The van der Waals surface area contributed by atoms with Crippen LogP contribution in [0.1, 0.15) is 12.8 Å². The van der Waals surface area contributed by atoms with Crippen molar-refractivity contribution in [3.05, 3.63) is 23.7 Å². The Balaban J connectivity index is 2.09. The molecular weight excluding hydrogens is 213 g/mol. The van der Waals surface area contributed by atoms with E-state index in [0.29, 0.717) is 12.8 Å². The number of nitrogens with two attached hydrogens (primary N) is 1. The molecule has 0 aromatic carbocycles. The van der Waals surface area contributed by atoms with Crippen LogP contribution in [0.25, 0.3) is 0 Å². The maximum Gasteiger partial charge on any atom is 0.167 e. The van der Waals surface area contributed by atoms with Crippen LogP contribution in [0.15, 0.2) is 23.7 Å². The van der Waals surface area contributed by atoms with Crippen molar-refractivity contribution in [3.63, 3.8) is 0 Å². The quantitative estimate of drug-likeness (QED) is 0.717. The average molecular weight is 227 g/mol. The molecule has 1 aliphatic carbocycles. The Morgan fingerprint density at radius 2 is 2.31 bits per heavy atom. The summed E-state index contributed by atoms with van der Waals surface area (Å²) in [6, 6.07) is 0. The summed E-state index contributed by atoms with van der Waals surface area (Å²) in [5.74, 6) is -1.41. The lowest BCUT2D eigenvalue weighted by molar-refractivity contribution is -0.121. The number of allylic oxidation sites excluding steroid dienone is 2. The third kappa shape index (κ3) is 2.01. The van der Waals surface area contributed by atoms with Crippen molar-refractivity contribution < 1.29 is 19.0 Å². The molecule has 4 nitrogen and oxygen atoms in total. The number of carbonyl (C=O) groups is 1. The lowest BCUT2D eigenvalue weighted by Crippen LogP contribution is -2.30. The lowest BCUT2D eigenvalue weighted by Gasteiger charge is -2.21. The first kappa shape index (κ1) is 11.3. The minimum Gasteiger partial charge on any atom is -0.396 e. The zero-order valence-corrected chi connectivity index (χ0v) is 8.73. The van der Waals surface area contributed by atoms with Gasteiger partial charge in [0.1, 0.15) is 5.83 Å². The van der Waals surface area contributed by atoms with Crippen LogP contribution in [0, 0.1) is 5.92 Å². The first-order valence-electron chi connectivity index (χ1n) is 5.27. The fraction of sp³-hybridized carbons (Fsp3) is 0.545. The van der Waals surface area contributed by atoms with E-state index in [1.165, 1.54) is 6.08 Å². The number of hydrogen-bond acceptors (Lipinski definition) is 4. The molecule has 1 aliphatic heterocycles. The molecule has 1 saturated heterocycles. The van der Waals surface area contributed by atoms with Gasteiger partial charge in [-0.2, -0.15) is 0 Å². The van der Waals surface area contributed by atoms with Crippen LogP contribution in [0.3, 0.4) is 0 Å². The summed E-state index contributed by atoms with van der Waals surface area (Å²) in [5, 5.41) is 8.91. The van der Waals surface area contributed by atoms with E-state index in [1.54, 1.807) is 0 Å². The maximum absolute atomic E-state index is 13.2. The second-order valence-corrected chi connectivity index (χ2v) is 4.10. The van der Waals surface area contributed by atoms with E-state index in [1.807, 2.05) is 0 Å². The Morgan fingerprint density at radius 3 is 2.94 bits per heavy atom. The van der Waals surface area contributed by atoms with Crippen molar-refractivity contribution in [1.82, 2.24) is 0 Å². The highest BCUT2D eigenvalue weighted by molar-refractivity contribution is 5.96. The van der Waals surface area contributed by atoms with Gasteiger partial charge in [-0.1, -0.05) is 0 Å². The molecule has 0 aromatic heterocycles. The topological polar surface area (TPSA) is 72.6 Å². The molecule has 88 valence electrons. The number of aliphatic hydroxyl groups excluding tert-OH is 1.